The second kappa shape index (κ2) is 6.51. The highest BCUT2D eigenvalue weighted by Crippen LogP contribution is 2.12. The minimum atomic E-state index is 0.203. The lowest BCUT2D eigenvalue weighted by molar-refractivity contribution is 0.0935. The van der Waals surface area contributed by atoms with Crippen LogP contribution >= 0.6 is 0 Å². The molecule has 1 aliphatic rings. The van der Waals surface area contributed by atoms with Crippen molar-refractivity contribution in [1.82, 2.24) is 15.3 Å². The fraction of sp³-hybridized carbons (Fsp3) is 0.667. The molecule has 0 aromatic carbocycles. The molecule has 2 heterocycles. The molecule has 1 aromatic heterocycles. The van der Waals surface area contributed by atoms with Crippen LogP contribution in [0.2, 0.25) is 0 Å². The first-order valence-electron chi connectivity index (χ1n) is 6.40. The molecular weight excluding hydrogens is 230 g/mol. The lowest BCUT2D eigenvalue weighted by Gasteiger charge is -2.28. The van der Waals surface area contributed by atoms with E-state index in [1.165, 1.54) is 0 Å². The van der Waals surface area contributed by atoms with E-state index >= 15 is 0 Å². The summed E-state index contributed by atoms with van der Waals surface area (Å²) in [5, 5.41) is 6.39. The topological polar surface area (TPSA) is 62.3 Å². The molecule has 6 heteroatoms. The third-order valence-corrected chi connectivity index (χ3v) is 2.73. The Labute approximate surface area is 108 Å². The number of piperazine rings is 1. The number of nitrogens with one attached hydrogen (secondary N) is 2. The molecule has 6 nitrogen and oxygen atoms in total. The van der Waals surface area contributed by atoms with Crippen LogP contribution in [-0.4, -0.2) is 49.0 Å². The van der Waals surface area contributed by atoms with Crippen molar-refractivity contribution in [3.05, 3.63) is 12.3 Å². The molecule has 0 atom stereocenters. The molecule has 0 aliphatic carbocycles. The standard InChI is InChI=1S/C12H21N5O/c1-10(2)18-9-15-12-14-4-3-11(16-12)17-7-5-13-6-8-17/h3-4,10,13H,5-9H2,1-2H3,(H,14,15,16). The molecule has 0 unspecified atom stereocenters. The molecule has 0 saturated carbocycles. The van der Waals surface area contributed by atoms with Gasteiger partial charge in [0.15, 0.2) is 0 Å². The quantitative estimate of drug-likeness (QED) is 0.750. The molecule has 2 N–H and O–H groups in total. The summed E-state index contributed by atoms with van der Waals surface area (Å²) in [6.07, 6.45) is 1.98. The maximum Gasteiger partial charge on any atom is 0.226 e. The van der Waals surface area contributed by atoms with Crippen LogP contribution in [0.25, 0.3) is 0 Å². The van der Waals surface area contributed by atoms with Crippen LogP contribution in [0.15, 0.2) is 12.3 Å². The molecule has 2 rings (SSSR count). The smallest absolute Gasteiger partial charge is 0.226 e. The molecular formula is C12H21N5O. The highest BCUT2D eigenvalue weighted by molar-refractivity contribution is 5.42. The molecule has 18 heavy (non-hydrogen) atoms. The Balaban J connectivity index is 1.91. The molecule has 1 aliphatic heterocycles. The third kappa shape index (κ3) is 3.82. The Morgan fingerprint density at radius 3 is 2.94 bits per heavy atom. The molecule has 100 valence electrons. The second-order valence-corrected chi connectivity index (χ2v) is 4.51. The first kappa shape index (κ1) is 13.0. The van der Waals surface area contributed by atoms with Crippen LogP contribution < -0.4 is 15.5 Å². The van der Waals surface area contributed by atoms with Crippen molar-refractivity contribution in [3.8, 4) is 0 Å². The summed E-state index contributed by atoms with van der Waals surface area (Å²) in [7, 11) is 0. The average Bonchev–Trinajstić information content (AvgIpc) is 2.40. The average molecular weight is 251 g/mol. The van der Waals surface area contributed by atoms with Gasteiger partial charge in [-0.15, -0.1) is 0 Å². The predicted molar refractivity (Wildman–Crippen MR) is 71.8 cm³/mol. The van der Waals surface area contributed by atoms with Gasteiger partial charge in [-0.3, -0.25) is 0 Å². The minimum Gasteiger partial charge on any atom is -0.359 e. The van der Waals surface area contributed by atoms with Gasteiger partial charge in [0.1, 0.15) is 12.5 Å². The number of nitrogens with zero attached hydrogens (tertiary/aromatic N) is 3. The normalized spacial score (nSPS) is 16.1. The predicted octanol–water partition coefficient (Wildman–Crippen LogP) is 0.681. The summed E-state index contributed by atoms with van der Waals surface area (Å²) in [5.74, 6) is 1.59. The third-order valence-electron chi connectivity index (χ3n) is 2.73. The van der Waals surface area contributed by atoms with Gasteiger partial charge < -0.3 is 20.3 Å². The summed E-state index contributed by atoms with van der Waals surface area (Å²) in [4.78, 5) is 10.9. The Morgan fingerprint density at radius 1 is 1.44 bits per heavy atom. The number of rotatable bonds is 5. The molecule has 1 fully saturated rings. The summed E-state index contributed by atoms with van der Waals surface area (Å²) in [6.45, 7) is 8.41. The number of hydrogen-bond acceptors (Lipinski definition) is 6. The van der Waals surface area contributed by atoms with Crippen LogP contribution in [0.5, 0.6) is 0 Å². The van der Waals surface area contributed by atoms with Gasteiger partial charge in [-0.25, -0.2) is 4.98 Å². The molecule has 0 radical (unpaired) electrons. The van der Waals surface area contributed by atoms with Crippen LogP contribution in [0, 0.1) is 0 Å². The van der Waals surface area contributed by atoms with Gasteiger partial charge in [-0.05, 0) is 19.9 Å². The van der Waals surface area contributed by atoms with Crippen molar-refractivity contribution >= 4 is 11.8 Å². The van der Waals surface area contributed by atoms with Crippen LogP contribution in [0.3, 0.4) is 0 Å². The van der Waals surface area contributed by atoms with Gasteiger partial charge in [0.2, 0.25) is 5.95 Å². The zero-order valence-corrected chi connectivity index (χ0v) is 11.0. The maximum atomic E-state index is 5.42. The lowest BCUT2D eigenvalue weighted by Crippen LogP contribution is -2.43. The largest absolute Gasteiger partial charge is 0.359 e. The first-order chi connectivity index (χ1) is 8.75. The zero-order chi connectivity index (χ0) is 12.8. The van der Waals surface area contributed by atoms with Gasteiger partial charge in [0.05, 0.1) is 6.10 Å². The van der Waals surface area contributed by atoms with Crippen LogP contribution in [0.4, 0.5) is 11.8 Å². The van der Waals surface area contributed by atoms with Crippen molar-refractivity contribution in [2.45, 2.75) is 20.0 Å². The van der Waals surface area contributed by atoms with Gasteiger partial charge in [0.25, 0.3) is 0 Å². The SMILES string of the molecule is CC(C)OCNc1nccc(N2CCNCC2)n1. The number of anilines is 2. The van der Waals surface area contributed by atoms with Gasteiger partial charge in [0, 0.05) is 32.4 Å². The number of hydrogen-bond donors (Lipinski definition) is 2. The summed E-state index contributed by atoms with van der Waals surface area (Å²) in [6, 6.07) is 1.94. The lowest BCUT2D eigenvalue weighted by atomic mass is 10.3. The fourth-order valence-corrected chi connectivity index (χ4v) is 1.78. The molecule has 0 spiro atoms. The summed E-state index contributed by atoms with van der Waals surface area (Å²) < 4.78 is 5.42. The molecule has 0 bridgehead atoms. The number of ether oxygens (including phenoxy) is 1. The Morgan fingerprint density at radius 2 is 2.22 bits per heavy atom. The van der Waals surface area contributed by atoms with Crippen LogP contribution in [0.1, 0.15) is 13.8 Å². The minimum absolute atomic E-state index is 0.203. The Bertz CT molecular complexity index is 365. The van der Waals surface area contributed by atoms with Gasteiger partial charge in [-0.1, -0.05) is 0 Å². The van der Waals surface area contributed by atoms with E-state index in [0.717, 1.165) is 32.0 Å². The van der Waals surface area contributed by atoms with E-state index in [-0.39, 0.29) is 6.10 Å². The Kier molecular flexibility index (Phi) is 4.72. The van der Waals surface area contributed by atoms with Crippen LogP contribution in [-0.2, 0) is 4.74 Å². The Hall–Kier alpha value is -1.40. The number of aromatic nitrogens is 2. The van der Waals surface area contributed by atoms with Crippen molar-refractivity contribution in [1.29, 1.82) is 0 Å². The van der Waals surface area contributed by atoms with E-state index in [9.17, 15) is 0 Å². The van der Waals surface area contributed by atoms with Crippen molar-refractivity contribution in [2.24, 2.45) is 0 Å². The second-order valence-electron chi connectivity index (χ2n) is 4.51. The van der Waals surface area contributed by atoms with Crippen molar-refractivity contribution in [2.75, 3.05) is 43.1 Å². The van der Waals surface area contributed by atoms with E-state index in [0.29, 0.717) is 12.7 Å². The maximum absolute atomic E-state index is 5.42. The van der Waals surface area contributed by atoms with E-state index in [1.807, 2.05) is 19.9 Å². The fourth-order valence-electron chi connectivity index (χ4n) is 1.78. The summed E-state index contributed by atoms with van der Waals surface area (Å²) >= 11 is 0. The molecule has 1 aromatic rings. The van der Waals surface area contributed by atoms with Gasteiger partial charge >= 0.3 is 0 Å². The van der Waals surface area contributed by atoms with E-state index in [2.05, 4.69) is 25.5 Å². The molecule has 0 amide bonds. The van der Waals surface area contributed by atoms with E-state index < -0.39 is 0 Å². The summed E-state index contributed by atoms with van der Waals surface area (Å²) in [5.41, 5.74) is 0. The van der Waals surface area contributed by atoms with E-state index in [4.69, 9.17) is 4.74 Å². The van der Waals surface area contributed by atoms with Crippen molar-refractivity contribution in [3.63, 3.8) is 0 Å². The van der Waals surface area contributed by atoms with Gasteiger partial charge in [-0.2, -0.15) is 4.98 Å². The molecule has 1 saturated heterocycles. The zero-order valence-electron chi connectivity index (χ0n) is 11.0. The highest BCUT2D eigenvalue weighted by atomic mass is 16.5. The van der Waals surface area contributed by atoms with E-state index in [1.54, 1.807) is 6.20 Å². The van der Waals surface area contributed by atoms with Crippen molar-refractivity contribution < 1.29 is 4.74 Å². The first-order valence-corrected chi connectivity index (χ1v) is 6.40. The monoisotopic (exact) mass is 251 g/mol. The highest BCUT2D eigenvalue weighted by Gasteiger charge is 2.12.